The highest BCUT2D eigenvalue weighted by molar-refractivity contribution is 7.92. The van der Waals surface area contributed by atoms with Gasteiger partial charge in [-0.2, -0.15) is 0 Å². The van der Waals surface area contributed by atoms with Crippen LogP contribution in [-0.2, 0) is 21.1 Å². The number of nitrogens with zero attached hydrogens (tertiary/aromatic N) is 2. The van der Waals surface area contributed by atoms with Crippen LogP contribution in [0.15, 0.2) is 29.3 Å². The number of hydrogen-bond acceptors (Lipinski definition) is 4. The lowest BCUT2D eigenvalue weighted by molar-refractivity contribution is -0.115. The van der Waals surface area contributed by atoms with Gasteiger partial charge in [-0.15, -0.1) is 0 Å². The van der Waals surface area contributed by atoms with Gasteiger partial charge in [0.2, 0.25) is 5.91 Å². The van der Waals surface area contributed by atoms with Gasteiger partial charge in [0, 0.05) is 25.8 Å². The minimum Gasteiger partial charge on any atom is -0.347 e. The molecule has 2 rings (SSSR count). The summed E-state index contributed by atoms with van der Waals surface area (Å²) in [6, 6.07) is 7.73. The van der Waals surface area contributed by atoms with Gasteiger partial charge >= 0.3 is 0 Å². The highest BCUT2D eigenvalue weighted by atomic mass is 32.2. The van der Waals surface area contributed by atoms with Crippen molar-refractivity contribution in [2.45, 2.75) is 31.9 Å². The van der Waals surface area contributed by atoms with Crippen LogP contribution in [0.3, 0.4) is 0 Å². The van der Waals surface area contributed by atoms with Gasteiger partial charge in [-0.25, -0.2) is 8.42 Å². The highest BCUT2D eigenvalue weighted by Crippen LogP contribution is 2.23. The molecule has 0 aromatic heterocycles. The van der Waals surface area contributed by atoms with Crippen LogP contribution in [0.1, 0.15) is 26.3 Å². The first-order valence-electron chi connectivity index (χ1n) is 8.75. The predicted octanol–water partition coefficient (Wildman–Crippen LogP) is 1.27. The van der Waals surface area contributed by atoms with Gasteiger partial charge in [0.25, 0.3) is 0 Å². The summed E-state index contributed by atoms with van der Waals surface area (Å²) in [6.45, 7) is 6.27. The van der Waals surface area contributed by atoms with Crippen molar-refractivity contribution in [3.05, 3.63) is 29.8 Å². The zero-order valence-corrected chi connectivity index (χ0v) is 16.7. The van der Waals surface area contributed by atoms with Crippen LogP contribution >= 0.6 is 0 Å². The van der Waals surface area contributed by atoms with Crippen LogP contribution in [0.25, 0.3) is 0 Å². The Bertz CT molecular complexity index is 787. The Morgan fingerprint density at radius 3 is 2.69 bits per heavy atom. The molecule has 144 valence electrons. The number of aliphatic imine (C=N–C) groups is 1. The van der Waals surface area contributed by atoms with E-state index in [0.717, 1.165) is 17.7 Å². The Labute approximate surface area is 155 Å². The molecule has 1 saturated heterocycles. The summed E-state index contributed by atoms with van der Waals surface area (Å²) >= 11 is 0. The summed E-state index contributed by atoms with van der Waals surface area (Å²) in [6.07, 6.45) is 0.905. The molecule has 2 N–H and O–H groups in total. The standard InChI is InChI=1S/C18H28N4O3S/c1-5-14-7-6-8-15(11-14)21-16(23)12-20-17(19-4)22-9-10-26(24,25)18(2,3)13-22/h6-8,11H,5,9-10,12-13H2,1-4H3,(H,19,20)(H,21,23). The number of anilines is 1. The Hall–Kier alpha value is -2.09. The third kappa shape index (κ3) is 4.75. The maximum absolute atomic E-state index is 12.2. The first-order valence-corrected chi connectivity index (χ1v) is 10.4. The van der Waals surface area contributed by atoms with Crippen molar-refractivity contribution in [3.8, 4) is 0 Å². The van der Waals surface area contributed by atoms with Gasteiger partial charge in [-0.3, -0.25) is 9.79 Å². The lowest BCUT2D eigenvalue weighted by Crippen LogP contribution is -2.57. The van der Waals surface area contributed by atoms with Crippen molar-refractivity contribution in [1.29, 1.82) is 0 Å². The average Bonchev–Trinajstić information content (AvgIpc) is 2.58. The molecule has 1 amide bonds. The van der Waals surface area contributed by atoms with E-state index in [1.165, 1.54) is 0 Å². The summed E-state index contributed by atoms with van der Waals surface area (Å²) in [5.41, 5.74) is 1.92. The molecular formula is C18H28N4O3S. The Kier molecular flexibility index (Phi) is 6.28. The largest absolute Gasteiger partial charge is 0.347 e. The van der Waals surface area contributed by atoms with Crippen molar-refractivity contribution in [2.24, 2.45) is 4.99 Å². The molecule has 1 aliphatic rings. The number of nitrogens with one attached hydrogen (secondary N) is 2. The van der Waals surface area contributed by atoms with E-state index in [1.54, 1.807) is 20.9 Å². The summed E-state index contributed by atoms with van der Waals surface area (Å²) in [7, 11) is -1.49. The van der Waals surface area contributed by atoms with Gasteiger partial charge in [0.15, 0.2) is 15.8 Å². The molecule has 0 aliphatic carbocycles. The molecule has 0 atom stereocenters. The lowest BCUT2D eigenvalue weighted by Gasteiger charge is -2.39. The smallest absolute Gasteiger partial charge is 0.243 e. The van der Waals surface area contributed by atoms with Gasteiger partial charge in [-0.05, 0) is 38.0 Å². The van der Waals surface area contributed by atoms with E-state index < -0.39 is 14.6 Å². The average molecular weight is 381 g/mol. The minimum atomic E-state index is -3.12. The Morgan fingerprint density at radius 2 is 2.08 bits per heavy atom. The fourth-order valence-corrected chi connectivity index (χ4v) is 4.26. The van der Waals surface area contributed by atoms with Gasteiger partial charge in [-0.1, -0.05) is 19.1 Å². The second kappa shape index (κ2) is 8.07. The first kappa shape index (κ1) is 20.2. The number of hydrogen-bond donors (Lipinski definition) is 2. The number of carbonyl (C=O) groups excluding carboxylic acids is 1. The molecule has 8 heteroatoms. The summed E-state index contributed by atoms with van der Waals surface area (Å²) in [5, 5.41) is 5.88. The van der Waals surface area contributed by atoms with Crippen molar-refractivity contribution in [1.82, 2.24) is 10.2 Å². The molecule has 0 bridgehead atoms. The van der Waals surface area contributed by atoms with Crippen LogP contribution in [-0.4, -0.2) is 62.4 Å². The number of rotatable bonds is 4. The molecule has 1 aromatic carbocycles. The van der Waals surface area contributed by atoms with Gasteiger partial charge < -0.3 is 15.5 Å². The van der Waals surface area contributed by atoms with Crippen LogP contribution in [0.5, 0.6) is 0 Å². The van der Waals surface area contributed by atoms with E-state index in [0.29, 0.717) is 19.0 Å². The molecule has 1 fully saturated rings. The zero-order valence-electron chi connectivity index (χ0n) is 15.9. The van der Waals surface area contributed by atoms with E-state index in [1.807, 2.05) is 29.2 Å². The van der Waals surface area contributed by atoms with E-state index in [-0.39, 0.29) is 18.2 Å². The van der Waals surface area contributed by atoms with Crippen LogP contribution in [0.2, 0.25) is 0 Å². The number of benzene rings is 1. The third-order valence-electron chi connectivity index (χ3n) is 4.58. The molecular weight excluding hydrogens is 352 g/mol. The van der Waals surface area contributed by atoms with Crippen LogP contribution in [0.4, 0.5) is 5.69 Å². The minimum absolute atomic E-state index is 0.0622. The topological polar surface area (TPSA) is 90.9 Å². The number of sulfone groups is 1. The Morgan fingerprint density at radius 1 is 1.35 bits per heavy atom. The summed E-state index contributed by atoms with van der Waals surface area (Å²) in [5.74, 6) is 0.435. The molecule has 1 aromatic rings. The van der Waals surface area contributed by atoms with Crippen molar-refractivity contribution in [3.63, 3.8) is 0 Å². The van der Waals surface area contributed by atoms with Crippen molar-refractivity contribution in [2.75, 3.05) is 37.8 Å². The molecule has 0 saturated carbocycles. The SMILES string of the molecule is CCc1cccc(NC(=O)CNC(=NC)N2CCS(=O)(=O)C(C)(C)C2)c1. The van der Waals surface area contributed by atoms with E-state index >= 15 is 0 Å². The lowest BCUT2D eigenvalue weighted by atomic mass is 10.1. The number of amides is 1. The second-order valence-corrected chi connectivity index (χ2v) is 9.75. The maximum Gasteiger partial charge on any atom is 0.243 e. The van der Waals surface area contributed by atoms with Gasteiger partial charge in [0.1, 0.15) is 0 Å². The fraction of sp³-hybridized carbons (Fsp3) is 0.556. The summed E-state index contributed by atoms with van der Waals surface area (Å²) < 4.78 is 23.4. The van der Waals surface area contributed by atoms with E-state index in [2.05, 4.69) is 22.5 Å². The van der Waals surface area contributed by atoms with E-state index in [9.17, 15) is 13.2 Å². The maximum atomic E-state index is 12.2. The molecule has 26 heavy (non-hydrogen) atoms. The number of carbonyl (C=O) groups is 1. The molecule has 7 nitrogen and oxygen atoms in total. The van der Waals surface area contributed by atoms with Crippen LogP contribution < -0.4 is 10.6 Å². The quantitative estimate of drug-likeness (QED) is 0.606. The molecule has 1 aliphatic heterocycles. The van der Waals surface area contributed by atoms with E-state index in [4.69, 9.17) is 0 Å². The summed E-state index contributed by atoms with van der Waals surface area (Å²) in [4.78, 5) is 18.3. The normalized spacial score (nSPS) is 19.1. The molecule has 0 radical (unpaired) electrons. The third-order valence-corrected chi connectivity index (χ3v) is 7.11. The number of guanidine groups is 1. The first-order chi connectivity index (χ1) is 12.2. The van der Waals surface area contributed by atoms with Gasteiger partial charge in [0.05, 0.1) is 17.0 Å². The van der Waals surface area contributed by atoms with Crippen molar-refractivity contribution >= 4 is 27.4 Å². The Balaban J connectivity index is 1.93. The number of aryl methyl sites for hydroxylation is 1. The molecule has 0 spiro atoms. The molecule has 1 heterocycles. The fourth-order valence-electron chi connectivity index (χ4n) is 2.89. The second-order valence-electron chi connectivity index (χ2n) is 7.00. The highest BCUT2D eigenvalue weighted by Gasteiger charge is 2.40. The zero-order chi connectivity index (χ0) is 19.4. The molecule has 0 unspecified atom stereocenters. The van der Waals surface area contributed by atoms with Crippen molar-refractivity contribution < 1.29 is 13.2 Å². The monoisotopic (exact) mass is 380 g/mol. The van der Waals surface area contributed by atoms with Crippen LogP contribution in [0, 0.1) is 0 Å². The predicted molar refractivity (Wildman–Crippen MR) is 105 cm³/mol.